The molecule has 0 saturated heterocycles. The molecule has 132 valence electrons. The second kappa shape index (κ2) is 8.30. The first-order valence-corrected chi connectivity index (χ1v) is 9.13. The second-order valence-corrected chi connectivity index (χ2v) is 6.85. The Balaban J connectivity index is 1.56. The van der Waals surface area contributed by atoms with Gasteiger partial charge in [-0.1, -0.05) is 36.6 Å². The van der Waals surface area contributed by atoms with Crippen LogP contribution in [-0.4, -0.2) is 22.2 Å². The SMILES string of the molecule is O=C(NCCCn1nc(-c2ccc(Cl)cc2)ccc1=O)C1CCCC1. The van der Waals surface area contributed by atoms with Crippen LogP contribution in [0, 0.1) is 5.92 Å². The molecular formula is C19H22ClN3O2. The lowest BCUT2D eigenvalue weighted by Gasteiger charge is -2.11. The van der Waals surface area contributed by atoms with Crippen LogP contribution in [0.25, 0.3) is 11.3 Å². The molecule has 6 heteroatoms. The summed E-state index contributed by atoms with van der Waals surface area (Å²) in [6.07, 6.45) is 4.96. The Morgan fingerprint density at radius 2 is 1.88 bits per heavy atom. The van der Waals surface area contributed by atoms with E-state index >= 15 is 0 Å². The largest absolute Gasteiger partial charge is 0.356 e. The molecule has 25 heavy (non-hydrogen) atoms. The summed E-state index contributed by atoms with van der Waals surface area (Å²) in [5.41, 5.74) is 1.50. The molecule has 5 nitrogen and oxygen atoms in total. The van der Waals surface area contributed by atoms with Gasteiger partial charge in [-0.15, -0.1) is 0 Å². The van der Waals surface area contributed by atoms with Crippen molar-refractivity contribution in [3.8, 4) is 11.3 Å². The van der Waals surface area contributed by atoms with Gasteiger partial charge in [-0.05, 0) is 37.5 Å². The van der Waals surface area contributed by atoms with E-state index in [2.05, 4.69) is 10.4 Å². The number of halogens is 1. The molecule has 1 N–H and O–H groups in total. The maximum absolute atomic E-state index is 12.0. The third kappa shape index (κ3) is 4.69. The summed E-state index contributed by atoms with van der Waals surface area (Å²) in [4.78, 5) is 24.0. The Morgan fingerprint density at radius 3 is 2.60 bits per heavy atom. The van der Waals surface area contributed by atoms with Crippen LogP contribution >= 0.6 is 11.6 Å². The number of carbonyl (C=O) groups is 1. The van der Waals surface area contributed by atoms with Crippen LogP contribution in [0.2, 0.25) is 5.02 Å². The summed E-state index contributed by atoms with van der Waals surface area (Å²) in [6.45, 7) is 1.04. The minimum Gasteiger partial charge on any atom is -0.356 e. The van der Waals surface area contributed by atoms with Gasteiger partial charge >= 0.3 is 0 Å². The lowest BCUT2D eigenvalue weighted by atomic mass is 10.1. The van der Waals surface area contributed by atoms with E-state index in [1.54, 1.807) is 18.2 Å². The van der Waals surface area contributed by atoms with Crippen LogP contribution in [0.3, 0.4) is 0 Å². The van der Waals surface area contributed by atoms with Gasteiger partial charge < -0.3 is 5.32 Å². The van der Waals surface area contributed by atoms with Crippen molar-refractivity contribution in [2.75, 3.05) is 6.54 Å². The summed E-state index contributed by atoms with van der Waals surface area (Å²) in [6, 6.07) is 10.6. The average Bonchev–Trinajstić information content (AvgIpc) is 3.15. The molecule has 1 aromatic carbocycles. The number of carbonyl (C=O) groups excluding carboxylic acids is 1. The molecule has 0 aliphatic heterocycles. The summed E-state index contributed by atoms with van der Waals surface area (Å²) >= 11 is 5.90. The van der Waals surface area contributed by atoms with Crippen molar-refractivity contribution in [1.82, 2.24) is 15.1 Å². The van der Waals surface area contributed by atoms with E-state index in [0.29, 0.717) is 24.5 Å². The highest BCUT2D eigenvalue weighted by Crippen LogP contribution is 2.24. The molecule has 1 fully saturated rings. The molecule has 1 saturated carbocycles. The monoisotopic (exact) mass is 359 g/mol. The molecule has 0 unspecified atom stereocenters. The van der Waals surface area contributed by atoms with Gasteiger partial charge in [0.05, 0.1) is 5.69 Å². The first-order valence-electron chi connectivity index (χ1n) is 8.75. The second-order valence-electron chi connectivity index (χ2n) is 6.41. The average molecular weight is 360 g/mol. The first kappa shape index (κ1) is 17.7. The molecule has 1 heterocycles. The zero-order valence-electron chi connectivity index (χ0n) is 14.1. The quantitative estimate of drug-likeness (QED) is 0.805. The first-order chi connectivity index (χ1) is 12.1. The highest BCUT2D eigenvalue weighted by Gasteiger charge is 2.21. The van der Waals surface area contributed by atoms with Crippen molar-refractivity contribution >= 4 is 17.5 Å². The maximum atomic E-state index is 12.0. The number of hydrogen-bond acceptors (Lipinski definition) is 3. The molecular weight excluding hydrogens is 338 g/mol. The van der Waals surface area contributed by atoms with Crippen LogP contribution in [-0.2, 0) is 11.3 Å². The number of amides is 1. The van der Waals surface area contributed by atoms with Gasteiger partial charge in [-0.25, -0.2) is 4.68 Å². The van der Waals surface area contributed by atoms with E-state index < -0.39 is 0 Å². The predicted octanol–water partition coefficient (Wildman–Crippen LogP) is 3.26. The molecule has 0 atom stereocenters. The van der Waals surface area contributed by atoms with Gasteiger partial charge in [-0.3, -0.25) is 9.59 Å². The maximum Gasteiger partial charge on any atom is 0.266 e. The zero-order chi connectivity index (χ0) is 17.6. The molecule has 3 rings (SSSR count). The summed E-state index contributed by atoms with van der Waals surface area (Å²) in [5.74, 6) is 0.321. The van der Waals surface area contributed by atoms with Crippen LogP contribution in [0.4, 0.5) is 0 Å². The predicted molar refractivity (Wildman–Crippen MR) is 98.5 cm³/mol. The van der Waals surface area contributed by atoms with Gasteiger partial charge in [0, 0.05) is 35.7 Å². The fourth-order valence-corrected chi connectivity index (χ4v) is 3.28. The van der Waals surface area contributed by atoms with Crippen molar-refractivity contribution in [1.29, 1.82) is 0 Å². The highest BCUT2D eigenvalue weighted by atomic mass is 35.5. The molecule has 0 radical (unpaired) electrons. The smallest absolute Gasteiger partial charge is 0.266 e. The molecule has 1 amide bonds. The standard InChI is InChI=1S/C19H22ClN3O2/c20-16-8-6-14(7-9-16)17-10-11-18(24)23(22-17)13-3-12-21-19(25)15-4-1-2-5-15/h6-11,15H,1-5,12-13H2,(H,21,25). The lowest BCUT2D eigenvalue weighted by molar-refractivity contribution is -0.124. The van der Waals surface area contributed by atoms with E-state index in [1.807, 2.05) is 12.1 Å². The fourth-order valence-electron chi connectivity index (χ4n) is 3.16. The van der Waals surface area contributed by atoms with Crippen molar-refractivity contribution < 1.29 is 4.79 Å². The Hall–Kier alpha value is -2.14. The fraction of sp³-hybridized carbons (Fsp3) is 0.421. The van der Waals surface area contributed by atoms with E-state index in [0.717, 1.165) is 36.9 Å². The summed E-state index contributed by atoms with van der Waals surface area (Å²) in [7, 11) is 0. The van der Waals surface area contributed by atoms with Gasteiger partial charge in [0.15, 0.2) is 0 Å². The summed E-state index contributed by atoms with van der Waals surface area (Å²) in [5, 5.41) is 8.05. The number of nitrogens with one attached hydrogen (secondary N) is 1. The highest BCUT2D eigenvalue weighted by molar-refractivity contribution is 6.30. The minimum absolute atomic E-state index is 0.139. The van der Waals surface area contributed by atoms with Crippen LogP contribution in [0.5, 0.6) is 0 Å². The number of nitrogens with zero attached hydrogens (tertiary/aromatic N) is 2. The van der Waals surface area contributed by atoms with Gasteiger partial charge in [-0.2, -0.15) is 5.10 Å². The van der Waals surface area contributed by atoms with Crippen molar-refractivity contribution in [3.63, 3.8) is 0 Å². The van der Waals surface area contributed by atoms with Crippen LogP contribution < -0.4 is 10.9 Å². The topological polar surface area (TPSA) is 64.0 Å². The zero-order valence-corrected chi connectivity index (χ0v) is 14.8. The molecule has 1 aromatic heterocycles. The van der Waals surface area contributed by atoms with E-state index in [-0.39, 0.29) is 17.4 Å². The number of aromatic nitrogens is 2. The Bertz CT molecular complexity index is 780. The van der Waals surface area contributed by atoms with Crippen LogP contribution in [0.15, 0.2) is 41.2 Å². The van der Waals surface area contributed by atoms with Gasteiger partial charge in [0.2, 0.25) is 5.91 Å². The van der Waals surface area contributed by atoms with E-state index in [1.165, 1.54) is 10.7 Å². The van der Waals surface area contributed by atoms with Crippen molar-refractivity contribution in [3.05, 3.63) is 51.8 Å². The van der Waals surface area contributed by atoms with Crippen molar-refractivity contribution in [2.24, 2.45) is 5.92 Å². The molecule has 1 aliphatic carbocycles. The van der Waals surface area contributed by atoms with Gasteiger partial charge in [0.1, 0.15) is 0 Å². The van der Waals surface area contributed by atoms with E-state index in [9.17, 15) is 9.59 Å². The number of hydrogen-bond donors (Lipinski definition) is 1. The third-order valence-electron chi connectivity index (χ3n) is 4.58. The van der Waals surface area contributed by atoms with Gasteiger partial charge in [0.25, 0.3) is 5.56 Å². The molecule has 0 spiro atoms. The Labute approximate surface area is 152 Å². The van der Waals surface area contributed by atoms with Crippen molar-refractivity contribution in [2.45, 2.75) is 38.6 Å². The molecule has 0 bridgehead atoms. The molecule has 1 aliphatic rings. The summed E-state index contributed by atoms with van der Waals surface area (Å²) < 4.78 is 1.45. The number of rotatable bonds is 6. The third-order valence-corrected chi connectivity index (χ3v) is 4.83. The Kier molecular flexibility index (Phi) is 5.87. The van der Waals surface area contributed by atoms with E-state index in [4.69, 9.17) is 11.6 Å². The number of aryl methyl sites for hydroxylation is 1. The number of benzene rings is 1. The minimum atomic E-state index is -0.139. The molecule has 2 aromatic rings. The Morgan fingerprint density at radius 1 is 1.16 bits per heavy atom. The normalized spacial score (nSPS) is 14.6. The lowest BCUT2D eigenvalue weighted by Crippen LogP contribution is -2.31. The van der Waals surface area contributed by atoms with Crippen LogP contribution in [0.1, 0.15) is 32.1 Å².